The van der Waals surface area contributed by atoms with Crippen molar-refractivity contribution in [2.24, 2.45) is 0 Å². The van der Waals surface area contributed by atoms with E-state index in [1.807, 2.05) is 11.9 Å². The highest BCUT2D eigenvalue weighted by Crippen LogP contribution is 2.15. The van der Waals surface area contributed by atoms with Gasteiger partial charge in [-0.05, 0) is 30.7 Å². The Balaban J connectivity index is 1.97. The molecule has 1 aromatic heterocycles. The van der Waals surface area contributed by atoms with Crippen molar-refractivity contribution in [3.63, 3.8) is 0 Å². The third kappa shape index (κ3) is 5.56. The maximum atomic E-state index is 12.3. The first kappa shape index (κ1) is 18.4. The van der Waals surface area contributed by atoms with Gasteiger partial charge < -0.3 is 15.5 Å². The van der Waals surface area contributed by atoms with Crippen molar-refractivity contribution in [2.45, 2.75) is 26.7 Å². The van der Waals surface area contributed by atoms with Crippen molar-refractivity contribution in [2.75, 3.05) is 29.1 Å². The lowest BCUT2D eigenvalue weighted by Gasteiger charge is -2.16. The van der Waals surface area contributed by atoms with Gasteiger partial charge >= 0.3 is 0 Å². The quantitative estimate of drug-likeness (QED) is 0.808. The molecule has 2 amide bonds. The van der Waals surface area contributed by atoms with Crippen LogP contribution >= 0.6 is 0 Å². The zero-order valence-corrected chi connectivity index (χ0v) is 14.7. The second kappa shape index (κ2) is 8.77. The maximum Gasteiger partial charge on any atom is 0.258 e. The molecule has 2 rings (SSSR count). The van der Waals surface area contributed by atoms with E-state index in [-0.39, 0.29) is 11.8 Å². The molecule has 25 heavy (non-hydrogen) atoms. The number of amides is 2. The fraction of sp³-hybridized carbons (Fsp3) is 0.333. The minimum Gasteiger partial charge on any atom is -0.344 e. The molecule has 0 spiro atoms. The van der Waals surface area contributed by atoms with Crippen molar-refractivity contribution >= 4 is 29.1 Å². The zero-order valence-electron chi connectivity index (χ0n) is 14.7. The van der Waals surface area contributed by atoms with Crippen molar-refractivity contribution in [1.29, 1.82) is 0 Å². The summed E-state index contributed by atoms with van der Waals surface area (Å²) in [6.45, 7) is 4.45. The molecule has 0 atom stereocenters. The molecule has 132 valence electrons. The van der Waals surface area contributed by atoms with Gasteiger partial charge in [0, 0.05) is 44.3 Å². The number of carbonyl (C=O) groups is 2. The molecule has 7 heteroatoms. The maximum absolute atomic E-state index is 12.3. The van der Waals surface area contributed by atoms with Gasteiger partial charge in [-0.1, -0.05) is 13.3 Å². The molecular formula is C18H23N5O2. The number of hydrogen-bond donors (Lipinski definition) is 2. The zero-order chi connectivity index (χ0) is 18.2. The van der Waals surface area contributed by atoms with E-state index < -0.39 is 0 Å². The van der Waals surface area contributed by atoms with Gasteiger partial charge in [0.2, 0.25) is 11.9 Å². The van der Waals surface area contributed by atoms with Gasteiger partial charge in [0.05, 0.1) is 5.56 Å². The molecule has 0 radical (unpaired) electrons. The molecule has 0 bridgehead atoms. The van der Waals surface area contributed by atoms with Gasteiger partial charge in [-0.3, -0.25) is 9.59 Å². The topological polar surface area (TPSA) is 87.2 Å². The minimum absolute atomic E-state index is 0.141. The van der Waals surface area contributed by atoms with Crippen molar-refractivity contribution in [3.05, 3.63) is 42.2 Å². The Morgan fingerprint density at radius 2 is 1.60 bits per heavy atom. The highest BCUT2D eigenvalue weighted by atomic mass is 16.2. The molecule has 0 fully saturated rings. The van der Waals surface area contributed by atoms with Crippen molar-refractivity contribution in [3.8, 4) is 0 Å². The SMILES string of the molecule is CCCCN(C)c1ncc(C(=O)Nc2ccc(NC(C)=O)cc2)cn1. The van der Waals surface area contributed by atoms with E-state index in [2.05, 4.69) is 27.5 Å². The van der Waals surface area contributed by atoms with Crippen LogP contribution in [0.2, 0.25) is 0 Å². The molecule has 1 aromatic carbocycles. The summed E-state index contributed by atoms with van der Waals surface area (Å²) < 4.78 is 0. The Bertz CT molecular complexity index is 713. The summed E-state index contributed by atoms with van der Waals surface area (Å²) >= 11 is 0. The van der Waals surface area contributed by atoms with Crippen LogP contribution in [-0.4, -0.2) is 35.4 Å². The van der Waals surface area contributed by atoms with Crippen LogP contribution in [0.3, 0.4) is 0 Å². The number of anilines is 3. The first-order valence-corrected chi connectivity index (χ1v) is 8.21. The number of carbonyl (C=O) groups excluding carboxylic acids is 2. The summed E-state index contributed by atoms with van der Waals surface area (Å²) in [6, 6.07) is 6.88. The fourth-order valence-corrected chi connectivity index (χ4v) is 2.17. The lowest BCUT2D eigenvalue weighted by Crippen LogP contribution is -2.21. The van der Waals surface area contributed by atoms with E-state index >= 15 is 0 Å². The number of hydrogen-bond acceptors (Lipinski definition) is 5. The van der Waals surface area contributed by atoms with Crippen LogP contribution in [0.25, 0.3) is 0 Å². The lowest BCUT2D eigenvalue weighted by atomic mass is 10.2. The molecule has 0 aliphatic carbocycles. The van der Waals surface area contributed by atoms with Crippen molar-refractivity contribution < 1.29 is 9.59 Å². The van der Waals surface area contributed by atoms with Gasteiger partial charge in [0.1, 0.15) is 0 Å². The number of unbranched alkanes of at least 4 members (excludes halogenated alkanes) is 1. The number of rotatable bonds is 7. The number of benzene rings is 1. The fourth-order valence-electron chi connectivity index (χ4n) is 2.17. The van der Waals surface area contributed by atoms with Crippen LogP contribution in [0.15, 0.2) is 36.7 Å². The van der Waals surface area contributed by atoms with E-state index in [9.17, 15) is 9.59 Å². The van der Waals surface area contributed by atoms with Crippen LogP contribution in [-0.2, 0) is 4.79 Å². The molecule has 7 nitrogen and oxygen atoms in total. The molecule has 0 aliphatic heterocycles. The summed E-state index contributed by atoms with van der Waals surface area (Å²) in [5.74, 6) is 0.178. The van der Waals surface area contributed by atoms with Gasteiger partial charge in [0.15, 0.2) is 0 Å². The third-order valence-electron chi connectivity index (χ3n) is 3.55. The summed E-state index contributed by atoms with van der Waals surface area (Å²) in [5, 5.41) is 5.45. The summed E-state index contributed by atoms with van der Waals surface area (Å²) in [7, 11) is 1.93. The normalized spacial score (nSPS) is 10.2. The van der Waals surface area contributed by atoms with Crippen LogP contribution in [0, 0.1) is 0 Å². The summed E-state index contributed by atoms with van der Waals surface area (Å²) in [6.07, 6.45) is 5.21. The second-order valence-electron chi connectivity index (χ2n) is 5.76. The monoisotopic (exact) mass is 341 g/mol. The predicted molar refractivity (Wildman–Crippen MR) is 98.9 cm³/mol. The van der Waals surface area contributed by atoms with Crippen LogP contribution in [0.4, 0.5) is 17.3 Å². The average Bonchev–Trinajstić information content (AvgIpc) is 2.61. The van der Waals surface area contributed by atoms with Gasteiger partial charge in [-0.25, -0.2) is 9.97 Å². The standard InChI is InChI=1S/C18H23N5O2/c1-4-5-10-23(3)18-19-11-14(12-20-18)17(25)22-16-8-6-15(7-9-16)21-13(2)24/h6-9,11-12H,4-5,10H2,1-3H3,(H,21,24)(H,22,25). The van der Waals surface area contributed by atoms with Crippen LogP contribution in [0.1, 0.15) is 37.0 Å². The second-order valence-corrected chi connectivity index (χ2v) is 5.76. The molecule has 0 saturated carbocycles. The largest absolute Gasteiger partial charge is 0.344 e. The number of nitrogens with zero attached hydrogens (tertiary/aromatic N) is 3. The third-order valence-corrected chi connectivity index (χ3v) is 3.55. The van der Waals surface area contributed by atoms with E-state index in [0.717, 1.165) is 19.4 Å². The average molecular weight is 341 g/mol. The Morgan fingerprint density at radius 1 is 1.04 bits per heavy atom. The summed E-state index contributed by atoms with van der Waals surface area (Å²) in [5.41, 5.74) is 1.69. The minimum atomic E-state index is -0.282. The molecular weight excluding hydrogens is 318 g/mol. The number of nitrogens with one attached hydrogen (secondary N) is 2. The highest BCUT2D eigenvalue weighted by molar-refractivity contribution is 6.04. The Labute approximate surface area is 147 Å². The molecule has 2 aromatic rings. The molecule has 1 heterocycles. The Morgan fingerprint density at radius 3 is 2.12 bits per heavy atom. The van der Waals surface area contributed by atoms with Gasteiger partial charge in [-0.2, -0.15) is 0 Å². The van der Waals surface area contributed by atoms with E-state index in [4.69, 9.17) is 0 Å². The molecule has 0 saturated heterocycles. The molecule has 0 aliphatic rings. The van der Waals surface area contributed by atoms with E-state index in [1.54, 1.807) is 24.3 Å². The Hall–Kier alpha value is -2.96. The van der Waals surface area contributed by atoms with E-state index in [1.165, 1.54) is 19.3 Å². The lowest BCUT2D eigenvalue weighted by molar-refractivity contribution is -0.114. The Kier molecular flexibility index (Phi) is 6.45. The van der Waals surface area contributed by atoms with Gasteiger partial charge in [-0.15, -0.1) is 0 Å². The first-order chi connectivity index (χ1) is 12.0. The first-order valence-electron chi connectivity index (χ1n) is 8.21. The summed E-state index contributed by atoms with van der Waals surface area (Å²) in [4.78, 5) is 33.7. The number of aromatic nitrogens is 2. The van der Waals surface area contributed by atoms with Crippen LogP contribution < -0.4 is 15.5 Å². The van der Waals surface area contributed by atoms with Crippen molar-refractivity contribution in [1.82, 2.24) is 9.97 Å². The van der Waals surface area contributed by atoms with Crippen LogP contribution in [0.5, 0.6) is 0 Å². The molecule has 2 N–H and O–H groups in total. The van der Waals surface area contributed by atoms with E-state index in [0.29, 0.717) is 22.9 Å². The predicted octanol–water partition coefficient (Wildman–Crippen LogP) is 2.92. The van der Waals surface area contributed by atoms with Gasteiger partial charge in [0.25, 0.3) is 5.91 Å². The molecule has 0 unspecified atom stereocenters. The smallest absolute Gasteiger partial charge is 0.258 e. The highest BCUT2D eigenvalue weighted by Gasteiger charge is 2.09.